The molecule has 0 bridgehead atoms. The number of rotatable bonds is 12. The number of aliphatic hydroxyl groups is 2. The number of nitrogens with one attached hydrogen (secondary N) is 1. The molecule has 0 aromatic heterocycles. The maximum atomic E-state index is 13.6. The van der Waals surface area contributed by atoms with E-state index >= 15 is 0 Å². The molecule has 1 fully saturated rings. The first-order chi connectivity index (χ1) is 18.8. The molecule has 39 heavy (non-hydrogen) atoms. The van der Waals surface area contributed by atoms with Gasteiger partial charge in [0, 0.05) is 43.0 Å². The number of amides is 2. The topological polar surface area (TPSA) is 144 Å². The quantitative estimate of drug-likeness (QED) is 0.258. The lowest BCUT2D eigenvalue weighted by Gasteiger charge is -2.41. The van der Waals surface area contributed by atoms with Gasteiger partial charge in [-0.1, -0.05) is 0 Å². The number of hydrogen-bond acceptors (Lipinski definition) is 9. The van der Waals surface area contributed by atoms with Crippen molar-refractivity contribution >= 4 is 18.1 Å². The second kappa shape index (κ2) is 12.9. The van der Waals surface area contributed by atoms with Gasteiger partial charge in [0.15, 0.2) is 11.5 Å². The number of methoxy groups -OCH3 is 1. The summed E-state index contributed by atoms with van der Waals surface area (Å²) >= 11 is 0. The molecule has 2 heterocycles. The first-order valence-electron chi connectivity index (χ1n) is 13.5. The van der Waals surface area contributed by atoms with E-state index in [0.717, 1.165) is 6.42 Å². The highest BCUT2D eigenvalue weighted by Crippen LogP contribution is 2.51. The van der Waals surface area contributed by atoms with Crippen LogP contribution in [0.15, 0.2) is 23.8 Å². The van der Waals surface area contributed by atoms with Crippen molar-refractivity contribution in [1.82, 2.24) is 10.2 Å². The zero-order valence-corrected chi connectivity index (χ0v) is 22.6. The second-order valence-electron chi connectivity index (χ2n) is 10.2. The third-order valence-electron chi connectivity index (χ3n) is 7.25. The number of benzene rings is 1. The van der Waals surface area contributed by atoms with Gasteiger partial charge in [-0.25, -0.2) is 0 Å². The van der Waals surface area contributed by atoms with Crippen LogP contribution in [-0.4, -0.2) is 104 Å². The second-order valence-corrected chi connectivity index (χ2v) is 10.2. The van der Waals surface area contributed by atoms with Crippen LogP contribution in [0.3, 0.4) is 0 Å². The Morgan fingerprint density at radius 1 is 1.31 bits per heavy atom. The Labute approximate surface area is 228 Å². The van der Waals surface area contributed by atoms with Gasteiger partial charge < -0.3 is 39.4 Å². The van der Waals surface area contributed by atoms with Gasteiger partial charge in [0.1, 0.15) is 24.6 Å². The lowest BCUT2D eigenvalue weighted by Crippen LogP contribution is -2.57. The number of aldehydes is 1. The maximum Gasteiger partial charge on any atom is 0.252 e. The first-order valence-corrected chi connectivity index (χ1v) is 13.5. The van der Waals surface area contributed by atoms with Crippen LogP contribution >= 0.6 is 0 Å². The summed E-state index contributed by atoms with van der Waals surface area (Å²) in [6.45, 7) is 4.81. The van der Waals surface area contributed by atoms with E-state index in [1.165, 1.54) is 13.2 Å². The predicted molar refractivity (Wildman–Crippen MR) is 140 cm³/mol. The standard InChI is InChI=1S/C28H38N2O9/c1-16(2)37-11-5-8-30(28(35)21-6-4-10-38-21)20-14-19(27(34)29-7-9-31)23-18-12-17(15-32)13-22(36-3)25(18)39-26(23)24(20)33/h12-16,20-21,23-24,26,31,33H,4-11H2,1-3H3,(H,29,34). The summed E-state index contributed by atoms with van der Waals surface area (Å²) in [6.07, 6.45) is 1.43. The third kappa shape index (κ3) is 6.11. The molecule has 3 aliphatic rings. The third-order valence-corrected chi connectivity index (χ3v) is 7.25. The number of ether oxygens (including phenoxy) is 4. The molecule has 0 saturated carbocycles. The highest BCUT2D eigenvalue weighted by Gasteiger charge is 2.52. The lowest BCUT2D eigenvalue weighted by atomic mass is 9.77. The maximum absolute atomic E-state index is 13.6. The van der Waals surface area contributed by atoms with Crippen molar-refractivity contribution in [2.24, 2.45) is 0 Å². The van der Waals surface area contributed by atoms with Gasteiger partial charge in [0.05, 0.1) is 31.8 Å². The van der Waals surface area contributed by atoms with E-state index in [1.54, 1.807) is 17.0 Å². The molecule has 1 saturated heterocycles. The summed E-state index contributed by atoms with van der Waals surface area (Å²) in [7, 11) is 1.45. The molecule has 1 aromatic carbocycles. The van der Waals surface area contributed by atoms with Crippen molar-refractivity contribution in [3.05, 3.63) is 34.9 Å². The van der Waals surface area contributed by atoms with Crippen molar-refractivity contribution < 1.29 is 43.5 Å². The average molecular weight is 547 g/mol. The largest absolute Gasteiger partial charge is 0.493 e. The molecule has 5 unspecified atom stereocenters. The normalized spacial score (nSPS) is 25.4. The van der Waals surface area contributed by atoms with Gasteiger partial charge in [0.2, 0.25) is 5.91 Å². The number of carbonyl (C=O) groups excluding carboxylic acids is 3. The monoisotopic (exact) mass is 546 g/mol. The molecule has 2 amide bonds. The summed E-state index contributed by atoms with van der Waals surface area (Å²) < 4.78 is 23.0. The van der Waals surface area contributed by atoms with Gasteiger partial charge in [-0.2, -0.15) is 0 Å². The Hall–Kier alpha value is -2.99. The minimum absolute atomic E-state index is 0.0251. The molecule has 1 aliphatic carbocycles. The van der Waals surface area contributed by atoms with Crippen LogP contribution in [0.1, 0.15) is 54.9 Å². The Bertz CT molecular complexity index is 1080. The van der Waals surface area contributed by atoms with Crippen molar-refractivity contribution in [2.75, 3.05) is 40.0 Å². The molecule has 2 aliphatic heterocycles. The van der Waals surface area contributed by atoms with Crippen LogP contribution < -0.4 is 14.8 Å². The number of fused-ring (bicyclic) bond motifs is 3. The lowest BCUT2D eigenvalue weighted by molar-refractivity contribution is -0.147. The van der Waals surface area contributed by atoms with Crippen molar-refractivity contribution in [3.8, 4) is 11.5 Å². The minimum Gasteiger partial charge on any atom is -0.493 e. The first kappa shape index (κ1) is 29.0. The van der Waals surface area contributed by atoms with E-state index in [2.05, 4.69) is 5.32 Å². The SMILES string of the molecule is COc1cc(C=O)cc2c1OC1C2C(C(=O)NCCO)=CC(N(CCCOC(C)C)C(=O)C2CCCO2)C1O. The van der Waals surface area contributed by atoms with Gasteiger partial charge in [-0.15, -0.1) is 0 Å². The molecule has 3 N–H and O–H groups in total. The van der Waals surface area contributed by atoms with E-state index in [1.807, 2.05) is 13.8 Å². The van der Waals surface area contributed by atoms with Gasteiger partial charge in [-0.3, -0.25) is 14.4 Å². The number of hydrogen-bond donors (Lipinski definition) is 3. The van der Waals surface area contributed by atoms with Crippen LogP contribution in [0, 0.1) is 0 Å². The molecular weight excluding hydrogens is 508 g/mol. The van der Waals surface area contributed by atoms with Crippen LogP contribution in [0.2, 0.25) is 0 Å². The Morgan fingerprint density at radius 3 is 2.74 bits per heavy atom. The average Bonchev–Trinajstić information content (AvgIpc) is 3.60. The molecule has 1 aromatic rings. The van der Waals surface area contributed by atoms with Gasteiger partial charge in [0.25, 0.3) is 5.91 Å². The van der Waals surface area contributed by atoms with Gasteiger partial charge in [-0.05, 0) is 51.3 Å². The summed E-state index contributed by atoms with van der Waals surface area (Å²) in [4.78, 5) is 40.2. The minimum atomic E-state index is -1.20. The summed E-state index contributed by atoms with van der Waals surface area (Å²) in [5.41, 5.74) is 1.14. The predicted octanol–water partition coefficient (Wildman–Crippen LogP) is 0.953. The smallest absolute Gasteiger partial charge is 0.252 e. The highest BCUT2D eigenvalue weighted by atomic mass is 16.5. The van der Waals surface area contributed by atoms with E-state index in [-0.39, 0.29) is 37.3 Å². The fourth-order valence-corrected chi connectivity index (χ4v) is 5.48. The molecule has 5 atom stereocenters. The molecule has 4 rings (SSSR count). The molecule has 11 nitrogen and oxygen atoms in total. The Kier molecular flexibility index (Phi) is 9.60. The molecule has 0 spiro atoms. The fraction of sp³-hybridized carbons (Fsp3) is 0.607. The van der Waals surface area contributed by atoms with Crippen LogP contribution in [-0.2, 0) is 19.1 Å². The zero-order chi connectivity index (χ0) is 28.1. The van der Waals surface area contributed by atoms with Crippen LogP contribution in [0.25, 0.3) is 0 Å². The molecular formula is C28H38N2O9. The highest BCUT2D eigenvalue weighted by molar-refractivity contribution is 5.96. The zero-order valence-electron chi connectivity index (χ0n) is 22.6. The summed E-state index contributed by atoms with van der Waals surface area (Å²) in [5, 5.41) is 23.6. The van der Waals surface area contributed by atoms with Crippen molar-refractivity contribution in [1.29, 1.82) is 0 Å². The van der Waals surface area contributed by atoms with Gasteiger partial charge >= 0.3 is 0 Å². The van der Waals surface area contributed by atoms with E-state index < -0.39 is 36.2 Å². The fourth-order valence-electron chi connectivity index (χ4n) is 5.48. The van der Waals surface area contributed by atoms with Crippen LogP contribution in [0.5, 0.6) is 11.5 Å². The van der Waals surface area contributed by atoms with E-state index in [9.17, 15) is 24.6 Å². The number of nitrogens with zero attached hydrogens (tertiary/aromatic N) is 1. The van der Waals surface area contributed by atoms with Crippen molar-refractivity contribution in [3.63, 3.8) is 0 Å². The molecule has 11 heteroatoms. The Balaban J connectivity index is 1.74. The number of aliphatic hydroxyl groups excluding tert-OH is 2. The van der Waals surface area contributed by atoms with Crippen molar-refractivity contribution in [2.45, 2.75) is 69.5 Å². The van der Waals surface area contributed by atoms with E-state index in [4.69, 9.17) is 18.9 Å². The van der Waals surface area contributed by atoms with E-state index in [0.29, 0.717) is 55.0 Å². The number of carbonyl (C=O) groups is 3. The Morgan fingerprint density at radius 2 is 2.10 bits per heavy atom. The molecule has 214 valence electrons. The molecule has 0 radical (unpaired) electrons. The van der Waals surface area contributed by atoms with Crippen LogP contribution in [0.4, 0.5) is 0 Å². The summed E-state index contributed by atoms with van der Waals surface area (Å²) in [5.74, 6) is -0.803. The summed E-state index contributed by atoms with van der Waals surface area (Å²) in [6, 6.07) is 2.26.